The number of aromatic nitrogens is 4. The molecule has 0 aliphatic rings. The van der Waals surface area contributed by atoms with E-state index < -0.39 is 6.10 Å². The number of aryl methyl sites for hydroxylation is 1. The highest BCUT2D eigenvalue weighted by atomic mass is 16.3. The van der Waals surface area contributed by atoms with Crippen LogP contribution in [0.15, 0.2) is 55.2 Å². The first-order valence-corrected chi connectivity index (χ1v) is 7.48. The molecule has 0 spiro atoms. The van der Waals surface area contributed by atoms with Gasteiger partial charge in [0.2, 0.25) is 0 Å². The van der Waals surface area contributed by atoms with Crippen molar-refractivity contribution in [2.45, 2.75) is 13.0 Å². The Morgan fingerprint density at radius 2 is 2.12 bits per heavy atom. The number of nitrogens with one attached hydrogen (secondary N) is 1. The third-order valence-electron chi connectivity index (χ3n) is 3.67. The first-order chi connectivity index (χ1) is 11.6. The predicted molar refractivity (Wildman–Crippen MR) is 87.6 cm³/mol. The van der Waals surface area contributed by atoms with Crippen molar-refractivity contribution in [3.8, 4) is 5.82 Å². The van der Waals surface area contributed by atoms with Crippen LogP contribution in [0.2, 0.25) is 0 Å². The number of benzene rings is 1. The average Bonchev–Trinajstić information content (AvgIpc) is 3.14. The zero-order chi connectivity index (χ0) is 16.9. The topological polar surface area (TPSA) is 92.9 Å². The lowest BCUT2D eigenvalue weighted by Crippen LogP contribution is -2.28. The molecule has 2 heterocycles. The van der Waals surface area contributed by atoms with Crippen LogP contribution in [0.5, 0.6) is 0 Å². The molecule has 2 aromatic heterocycles. The molecule has 1 amide bonds. The molecule has 122 valence electrons. The number of nitrogens with zero attached hydrogens (tertiary/aromatic N) is 4. The average molecular weight is 323 g/mol. The molecule has 3 rings (SSSR count). The Labute approximate surface area is 139 Å². The van der Waals surface area contributed by atoms with Crippen LogP contribution in [0.25, 0.3) is 5.82 Å². The van der Waals surface area contributed by atoms with Gasteiger partial charge >= 0.3 is 0 Å². The quantitative estimate of drug-likeness (QED) is 0.741. The minimum atomic E-state index is -0.752. The van der Waals surface area contributed by atoms with E-state index in [1.807, 2.05) is 31.2 Å². The van der Waals surface area contributed by atoms with Gasteiger partial charge in [0, 0.05) is 12.7 Å². The van der Waals surface area contributed by atoms with E-state index in [0.717, 1.165) is 11.1 Å². The van der Waals surface area contributed by atoms with Gasteiger partial charge in [0.15, 0.2) is 5.82 Å². The second kappa shape index (κ2) is 7.01. The Kier molecular flexibility index (Phi) is 4.62. The molecule has 3 aromatic rings. The minimum absolute atomic E-state index is 0.133. The minimum Gasteiger partial charge on any atom is -0.387 e. The summed E-state index contributed by atoms with van der Waals surface area (Å²) in [6.07, 6.45) is 3.65. The number of carbonyl (C=O) groups excluding carboxylic acids is 1. The summed E-state index contributed by atoms with van der Waals surface area (Å²) in [4.78, 5) is 20.2. The smallest absolute Gasteiger partial charge is 0.252 e. The highest BCUT2D eigenvalue weighted by Gasteiger charge is 2.13. The van der Waals surface area contributed by atoms with Gasteiger partial charge in [0.1, 0.15) is 12.7 Å². The molecule has 24 heavy (non-hydrogen) atoms. The van der Waals surface area contributed by atoms with Crippen LogP contribution in [0, 0.1) is 6.92 Å². The van der Waals surface area contributed by atoms with E-state index in [0.29, 0.717) is 11.4 Å². The zero-order valence-electron chi connectivity index (χ0n) is 13.1. The van der Waals surface area contributed by atoms with Crippen molar-refractivity contribution in [3.63, 3.8) is 0 Å². The number of aliphatic hydroxyl groups excluding tert-OH is 1. The molecule has 0 saturated heterocycles. The molecule has 0 fully saturated rings. The molecule has 0 bridgehead atoms. The van der Waals surface area contributed by atoms with Gasteiger partial charge in [0.05, 0.1) is 11.7 Å². The Bertz CT molecular complexity index is 815. The summed E-state index contributed by atoms with van der Waals surface area (Å²) in [7, 11) is 0. The Hall–Kier alpha value is -3.06. The third kappa shape index (κ3) is 3.47. The summed E-state index contributed by atoms with van der Waals surface area (Å²) in [5.74, 6) is 0.282. The predicted octanol–water partition coefficient (Wildman–Crippen LogP) is 1.43. The Morgan fingerprint density at radius 1 is 1.29 bits per heavy atom. The second-order valence-electron chi connectivity index (χ2n) is 5.33. The van der Waals surface area contributed by atoms with Gasteiger partial charge in [-0.2, -0.15) is 5.10 Å². The van der Waals surface area contributed by atoms with E-state index in [-0.39, 0.29) is 12.5 Å². The first-order valence-electron chi connectivity index (χ1n) is 7.48. The van der Waals surface area contributed by atoms with Gasteiger partial charge in [-0.1, -0.05) is 24.3 Å². The van der Waals surface area contributed by atoms with Gasteiger partial charge in [-0.05, 0) is 30.2 Å². The van der Waals surface area contributed by atoms with Crippen molar-refractivity contribution in [1.29, 1.82) is 0 Å². The molecule has 7 nitrogen and oxygen atoms in total. The van der Waals surface area contributed by atoms with E-state index in [1.165, 1.54) is 23.5 Å². The fourth-order valence-electron chi connectivity index (χ4n) is 2.34. The van der Waals surface area contributed by atoms with Gasteiger partial charge < -0.3 is 10.4 Å². The maximum absolute atomic E-state index is 12.2. The molecule has 1 aromatic carbocycles. The summed E-state index contributed by atoms with van der Waals surface area (Å²) in [5, 5.41) is 16.9. The van der Waals surface area contributed by atoms with Crippen molar-refractivity contribution < 1.29 is 9.90 Å². The van der Waals surface area contributed by atoms with Crippen molar-refractivity contribution >= 4 is 5.91 Å². The first kappa shape index (κ1) is 15.8. The number of amides is 1. The fraction of sp³-hybridized carbons (Fsp3) is 0.176. The standard InChI is InChI=1S/C17H17N5O2/c1-12-4-2-3-5-14(12)15(23)9-20-17(24)13-6-7-16(19-8-13)22-11-18-10-21-22/h2-8,10-11,15,23H,9H2,1H3,(H,20,24). The summed E-state index contributed by atoms with van der Waals surface area (Å²) in [5.41, 5.74) is 2.20. The van der Waals surface area contributed by atoms with Gasteiger partial charge in [-0.25, -0.2) is 14.6 Å². The number of rotatable bonds is 5. The largest absolute Gasteiger partial charge is 0.387 e. The van der Waals surface area contributed by atoms with Crippen LogP contribution in [0.3, 0.4) is 0 Å². The van der Waals surface area contributed by atoms with Gasteiger partial charge in [-0.3, -0.25) is 4.79 Å². The van der Waals surface area contributed by atoms with Crippen LogP contribution in [-0.2, 0) is 0 Å². The normalized spacial score (nSPS) is 11.9. The molecular formula is C17H17N5O2. The Morgan fingerprint density at radius 3 is 2.79 bits per heavy atom. The SMILES string of the molecule is Cc1ccccc1C(O)CNC(=O)c1ccc(-n2cncn2)nc1. The van der Waals surface area contributed by atoms with Crippen molar-refractivity contribution in [2.75, 3.05) is 6.54 Å². The summed E-state index contributed by atoms with van der Waals surface area (Å²) < 4.78 is 1.50. The van der Waals surface area contributed by atoms with Gasteiger partial charge in [-0.15, -0.1) is 0 Å². The highest BCUT2D eigenvalue weighted by molar-refractivity contribution is 5.93. The number of hydrogen-bond acceptors (Lipinski definition) is 5. The third-order valence-corrected chi connectivity index (χ3v) is 3.67. The Balaban J connectivity index is 1.62. The van der Waals surface area contributed by atoms with Crippen LogP contribution >= 0.6 is 0 Å². The van der Waals surface area contributed by atoms with E-state index in [9.17, 15) is 9.90 Å². The lowest BCUT2D eigenvalue weighted by atomic mass is 10.0. The lowest BCUT2D eigenvalue weighted by Gasteiger charge is -2.14. The van der Waals surface area contributed by atoms with Crippen LogP contribution < -0.4 is 5.32 Å². The molecule has 0 saturated carbocycles. The number of hydrogen-bond donors (Lipinski definition) is 2. The highest BCUT2D eigenvalue weighted by Crippen LogP contribution is 2.16. The van der Waals surface area contributed by atoms with Crippen LogP contribution in [0.1, 0.15) is 27.6 Å². The summed E-state index contributed by atoms with van der Waals surface area (Å²) in [6, 6.07) is 10.9. The molecule has 0 aliphatic carbocycles. The van der Waals surface area contributed by atoms with E-state index in [4.69, 9.17) is 0 Å². The molecule has 1 atom stereocenters. The van der Waals surface area contributed by atoms with Crippen LogP contribution in [-0.4, -0.2) is 37.3 Å². The summed E-state index contributed by atoms with van der Waals surface area (Å²) >= 11 is 0. The monoisotopic (exact) mass is 323 g/mol. The number of aliphatic hydroxyl groups is 1. The molecular weight excluding hydrogens is 306 g/mol. The fourth-order valence-corrected chi connectivity index (χ4v) is 2.34. The van der Waals surface area contributed by atoms with Crippen molar-refractivity contribution in [3.05, 3.63) is 71.9 Å². The molecule has 7 heteroatoms. The number of carbonyl (C=O) groups is 1. The van der Waals surface area contributed by atoms with Gasteiger partial charge in [0.25, 0.3) is 5.91 Å². The molecule has 0 aliphatic heterocycles. The molecule has 2 N–H and O–H groups in total. The second-order valence-corrected chi connectivity index (χ2v) is 5.33. The lowest BCUT2D eigenvalue weighted by molar-refractivity contribution is 0.0915. The van der Waals surface area contributed by atoms with Crippen LogP contribution in [0.4, 0.5) is 0 Å². The van der Waals surface area contributed by atoms with E-state index >= 15 is 0 Å². The number of pyridine rings is 1. The maximum Gasteiger partial charge on any atom is 0.252 e. The summed E-state index contributed by atoms with van der Waals surface area (Å²) in [6.45, 7) is 2.06. The molecule has 1 unspecified atom stereocenters. The molecule has 0 radical (unpaired) electrons. The van der Waals surface area contributed by atoms with Crippen molar-refractivity contribution in [1.82, 2.24) is 25.1 Å². The van der Waals surface area contributed by atoms with Crippen molar-refractivity contribution in [2.24, 2.45) is 0 Å². The zero-order valence-corrected chi connectivity index (χ0v) is 13.1. The van der Waals surface area contributed by atoms with E-state index in [1.54, 1.807) is 12.1 Å². The maximum atomic E-state index is 12.2. The van der Waals surface area contributed by atoms with E-state index in [2.05, 4.69) is 20.4 Å².